The molecule has 1 unspecified atom stereocenters. The minimum Gasteiger partial charge on any atom is -0.481 e. The van der Waals surface area contributed by atoms with Crippen LogP contribution in [0.3, 0.4) is 0 Å². The van der Waals surface area contributed by atoms with Gasteiger partial charge >= 0.3 is 5.97 Å². The molecule has 0 aromatic heterocycles. The highest BCUT2D eigenvalue weighted by atomic mass is 16.5. The number of carboxylic acid groups (broad SMARTS) is 1. The maximum atomic E-state index is 11.5. The molecule has 2 aliphatic heterocycles. The van der Waals surface area contributed by atoms with Gasteiger partial charge in [0.15, 0.2) is 0 Å². The summed E-state index contributed by atoms with van der Waals surface area (Å²) in [5.74, 6) is -0.698. The van der Waals surface area contributed by atoms with Gasteiger partial charge in [-0.05, 0) is 19.9 Å². The zero-order chi connectivity index (χ0) is 12.3. The number of aliphatic carboxylic acids is 1. The second kappa shape index (κ2) is 5.33. The quantitative estimate of drug-likeness (QED) is 0.761. The third-order valence-corrected chi connectivity index (χ3v) is 3.90. The molecule has 2 heterocycles. The predicted molar refractivity (Wildman–Crippen MR) is 64.1 cm³/mol. The van der Waals surface area contributed by atoms with Crippen LogP contribution in [0.15, 0.2) is 0 Å². The monoisotopic (exact) mass is 242 g/mol. The van der Waals surface area contributed by atoms with E-state index in [9.17, 15) is 9.90 Å². The Balaban J connectivity index is 1.95. The van der Waals surface area contributed by atoms with E-state index in [1.54, 1.807) is 0 Å². The topological polar surface area (TPSA) is 53.0 Å². The molecule has 1 N–H and O–H groups in total. The van der Waals surface area contributed by atoms with Gasteiger partial charge in [-0.3, -0.25) is 9.69 Å². The molecular weight excluding hydrogens is 220 g/mol. The van der Waals surface area contributed by atoms with Gasteiger partial charge < -0.3 is 14.7 Å². The van der Waals surface area contributed by atoms with Crippen molar-refractivity contribution >= 4 is 5.97 Å². The first kappa shape index (κ1) is 12.8. The Morgan fingerprint density at radius 3 is 2.59 bits per heavy atom. The van der Waals surface area contributed by atoms with Crippen LogP contribution in [0, 0.1) is 5.41 Å². The molecule has 0 aromatic carbocycles. The molecule has 0 amide bonds. The van der Waals surface area contributed by atoms with Crippen molar-refractivity contribution in [1.29, 1.82) is 0 Å². The number of nitrogens with zero attached hydrogens (tertiary/aromatic N) is 2. The zero-order valence-electron chi connectivity index (χ0n) is 10.5. The summed E-state index contributed by atoms with van der Waals surface area (Å²) in [7, 11) is 2.11. The molecule has 2 rings (SSSR count). The number of ether oxygens (including phenoxy) is 1. The third-order valence-electron chi connectivity index (χ3n) is 3.90. The molecule has 98 valence electrons. The molecular formula is C12H22N2O3. The number of piperazine rings is 1. The van der Waals surface area contributed by atoms with Crippen LogP contribution in [0.2, 0.25) is 0 Å². The van der Waals surface area contributed by atoms with Gasteiger partial charge in [-0.25, -0.2) is 0 Å². The van der Waals surface area contributed by atoms with E-state index in [1.807, 2.05) is 0 Å². The van der Waals surface area contributed by atoms with Gasteiger partial charge in [-0.15, -0.1) is 0 Å². The summed E-state index contributed by atoms with van der Waals surface area (Å²) in [6.07, 6.45) is 1.61. The lowest BCUT2D eigenvalue weighted by Crippen LogP contribution is -2.53. The molecule has 2 aliphatic rings. The maximum absolute atomic E-state index is 11.5. The summed E-state index contributed by atoms with van der Waals surface area (Å²) in [5, 5.41) is 9.45. The van der Waals surface area contributed by atoms with Crippen LogP contribution in [0.4, 0.5) is 0 Å². The van der Waals surface area contributed by atoms with Gasteiger partial charge in [0.2, 0.25) is 0 Å². The SMILES string of the molecule is CN1CCN(CC2(C(=O)O)CCCOC2)CC1. The van der Waals surface area contributed by atoms with E-state index < -0.39 is 11.4 Å². The lowest BCUT2D eigenvalue weighted by atomic mass is 9.82. The fraction of sp³-hybridized carbons (Fsp3) is 0.917. The molecule has 0 aromatic rings. The van der Waals surface area contributed by atoms with Gasteiger partial charge in [0.1, 0.15) is 5.41 Å². The molecule has 0 aliphatic carbocycles. The van der Waals surface area contributed by atoms with Crippen molar-refractivity contribution in [3.63, 3.8) is 0 Å². The van der Waals surface area contributed by atoms with Gasteiger partial charge in [0.05, 0.1) is 6.61 Å². The molecule has 0 saturated carbocycles. The fourth-order valence-corrected chi connectivity index (χ4v) is 2.65. The summed E-state index contributed by atoms with van der Waals surface area (Å²) >= 11 is 0. The van der Waals surface area contributed by atoms with Gasteiger partial charge in [-0.1, -0.05) is 0 Å². The second-order valence-corrected chi connectivity index (χ2v) is 5.32. The third kappa shape index (κ3) is 2.97. The number of hydrogen-bond acceptors (Lipinski definition) is 4. The van der Waals surface area contributed by atoms with Crippen molar-refractivity contribution in [3.8, 4) is 0 Å². The Bertz CT molecular complexity index is 269. The molecule has 17 heavy (non-hydrogen) atoms. The van der Waals surface area contributed by atoms with Crippen LogP contribution in [-0.2, 0) is 9.53 Å². The summed E-state index contributed by atoms with van der Waals surface area (Å²) in [6.45, 7) is 5.69. The van der Waals surface area contributed by atoms with Crippen LogP contribution in [-0.4, -0.2) is 73.9 Å². The minimum absolute atomic E-state index is 0.370. The number of rotatable bonds is 3. The van der Waals surface area contributed by atoms with Crippen LogP contribution in [0.1, 0.15) is 12.8 Å². The van der Waals surface area contributed by atoms with Crippen molar-refractivity contribution in [2.75, 3.05) is 53.0 Å². The van der Waals surface area contributed by atoms with Crippen molar-refractivity contribution in [3.05, 3.63) is 0 Å². The van der Waals surface area contributed by atoms with Crippen LogP contribution in [0.5, 0.6) is 0 Å². The number of carbonyl (C=O) groups is 1. The van der Waals surface area contributed by atoms with Crippen LogP contribution < -0.4 is 0 Å². The zero-order valence-corrected chi connectivity index (χ0v) is 10.5. The Morgan fingerprint density at radius 2 is 2.06 bits per heavy atom. The molecule has 1 atom stereocenters. The van der Waals surface area contributed by atoms with Crippen molar-refractivity contribution in [1.82, 2.24) is 9.80 Å². The number of likely N-dealkylation sites (N-methyl/N-ethyl adjacent to an activating group) is 1. The fourth-order valence-electron chi connectivity index (χ4n) is 2.65. The average molecular weight is 242 g/mol. The second-order valence-electron chi connectivity index (χ2n) is 5.32. The van der Waals surface area contributed by atoms with E-state index in [-0.39, 0.29) is 0 Å². The highest BCUT2D eigenvalue weighted by molar-refractivity contribution is 5.75. The van der Waals surface area contributed by atoms with Gasteiger partial charge in [0.25, 0.3) is 0 Å². The van der Waals surface area contributed by atoms with E-state index in [4.69, 9.17) is 4.74 Å². The Morgan fingerprint density at radius 1 is 1.35 bits per heavy atom. The summed E-state index contributed by atoms with van der Waals surface area (Å²) in [6, 6.07) is 0. The molecule has 0 radical (unpaired) electrons. The molecule has 5 heteroatoms. The molecule has 0 bridgehead atoms. The standard InChI is InChI=1S/C12H22N2O3/c1-13-4-6-14(7-5-13)9-12(11(15)16)3-2-8-17-10-12/h2-10H2,1H3,(H,15,16). The summed E-state index contributed by atoms with van der Waals surface area (Å²) in [4.78, 5) is 16.0. The average Bonchev–Trinajstić information content (AvgIpc) is 2.33. The van der Waals surface area contributed by atoms with Crippen molar-refractivity contribution < 1.29 is 14.6 Å². The van der Waals surface area contributed by atoms with E-state index >= 15 is 0 Å². The minimum atomic E-state index is -0.698. The van der Waals surface area contributed by atoms with Crippen molar-refractivity contribution in [2.24, 2.45) is 5.41 Å². The Kier molecular flexibility index (Phi) is 4.01. The Hall–Kier alpha value is -0.650. The first-order valence-electron chi connectivity index (χ1n) is 6.34. The summed E-state index contributed by atoms with van der Waals surface area (Å²) in [5.41, 5.74) is -0.672. The number of carboxylic acids is 1. The van der Waals surface area contributed by atoms with E-state index in [2.05, 4.69) is 16.8 Å². The van der Waals surface area contributed by atoms with Gasteiger partial charge in [0, 0.05) is 39.3 Å². The largest absolute Gasteiger partial charge is 0.481 e. The first-order chi connectivity index (χ1) is 8.12. The molecule has 5 nitrogen and oxygen atoms in total. The summed E-state index contributed by atoms with van der Waals surface area (Å²) < 4.78 is 5.39. The van der Waals surface area contributed by atoms with E-state index in [1.165, 1.54) is 0 Å². The Labute approximate surface area is 102 Å². The van der Waals surface area contributed by atoms with E-state index in [0.29, 0.717) is 19.8 Å². The smallest absolute Gasteiger partial charge is 0.313 e. The lowest BCUT2D eigenvalue weighted by Gasteiger charge is -2.40. The molecule has 2 fully saturated rings. The van der Waals surface area contributed by atoms with Crippen molar-refractivity contribution in [2.45, 2.75) is 12.8 Å². The number of hydrogen-bond donors (Lipinski definition) is 1. The highest BCUT2D eigenvalue weighted by Gasteiger charge is 2.42. The molecule has 2 saturated heterocycles. The highest BCUT2D eigenvalue weighted by Crippen LogP contribution is 2.30. The molecule has 0 spiro atoms. The first-order valence-corrected chi connectivity index (χ1v) is 6.34. The predicted octanol–water partition coefficient (Wildman–Crippen LogP) is 0.115. The van der Waals surface area contributed by atoms with Crippen LogP contribution in [0.25, 0.3) is 0 Å². The lowest BCUT2D eigenvalue weighted by molar-refractivity contribution is -0.159. The maximum Gasteiger partial charge on any atom is 0.313 e. The van der Waals surface area contributed by atoms with Gasteiger partial charge in [-0.2, -0.15) is 0 Å². The normalized spacial score (nSPS) is 32.5. The van der Waals surface area contributed by atoms with Crippen LogP contribution >= 0.6 is 0 Å². The van der Waals surface area contributed by atoms with E-state index in [0.717, 1.165) is 39.0 Å².